The third-order valence-corrected chi connectivity index (χ3v) is 2.32. The first kappa shape index (κ1) is 11.5. The van der Waals surface area contributed by atoms with Crippen molar-refractivity contribution in [2.24, 2.45) is 0 Å². The molecule has 1 rings (SSSR count). The Morgan fingerprint density at radius 1 is 1.47 bits per heavy atom. The predicted octanol–water partition coefficient (Wildman–Crippen LogP) is 2.08. The van der Waals surface area contributed by atoms with E-state index in [1.165, 1.54) is 12.1 Å². The Bertz CT molecular complexity index is 377. The lowest BCUT2D eigenvalue weighted by Gasteiger charge is -2.16. The molecule has 0 aromatic heterocycles. The summed E-state index contributed by atoms with van der Waals surface area (Å²) >= 11 is 0. The van der Waals surface area contributed by atoms with Gasteiger partial charge in [0.25, 0.3) is 0 Å². The third-order valence-electron chi connectivity index (χ3n) is 2.32. The van der Waals surface area contributed by atoms with Gasteiger partial charge in [0.2, 0.25) is 0 Å². The van der Waals surface area contributed by atoms with E-state index in [-0.39, 0.29) is 5.82 Å². The van der Waals surface area contributed by atoms with E-state index < -0.39 is 11.9 Å². The molecule has 1 atom stereocenters. The number of hydrogen-bond acceptors (Lipinski definition) is 2. The van der Waals surface area contributed by atoms with Gasteiger partial charge in [-0.15, -0.1) is 0 Å². The highest BCUT2D eigenvalue weighted by Gasteiger charge is 2.15. The maximum atomic E-state index is 13.3. The molecule has 1 aromatic carbocycles. The van der Waals surface area contributed by atoms with E-state index >= 15 is 0 Å². The number of rotatable bonds is 3. The summed E-state index contributed by atoms with van der Waals surface area (Å²) < 4.78 is 13.3. The molecule has 1 aromatic rings. The largest absolute Gasteiger partial charge is 0.481 e. The summed E-state index contributed by atoms with van der Waals surface area (Å²) in [7, 11) is 3.43. The van der Waals surface area contributed by atoms with Crippen LogP contribution >= 0.6 is 0 Å². The van der Waals surface area contributed by atoms with Crippen LogP contribution in [0.2, 0.25) is 0 Å². The predicted molar refractivity (Wildman–Crippen MR) is 56.8 cm³/mol. The summed E-state index contributed by atoms with van der Waals surface area (Å²) in [4.78, 5) is 12.4. The van der Waals surface area contributed by atoms with Gasteiger partial charge in [-0.2, -0.15) is 0 Å². The molecule has 0 amide bonds. The fraction of sp³-hybridized carbons (Fsp3) is 0.364. The van der Waals surface area contributed by atoms with E-state index in [4.69, 9.17) is 5.11 Å². The molecule has 82 valence electrons. The van der Waals surface area contributed by atoms with Gasteiger partial charge in [-0.25, -0.2) is 4.39 Å². The first-order valence-corrected chi connectivity index (χ1v) is 4.63. The number of halogens is 1. The first-order valence-electron chi connectivity index (χ1n) is 4.63. The summed E-state index contributed by atoms with van der Waals surface area (Å²) in [5.41, 5.74) is 1.01. The number of anilines is 1. The molecule has 0 aliphatic carbocycles. The van der Waals surface area contributed by atoms with Crippen LogP contribution < -0.4 is 4.90 Å². The summed E-state index contributed by atoms with van der Waals surface area (Å²) in [6.07, 6.45) is 0. The molecular weight excluding hydrogens is 197 g/mol. The number of carbonyl (C=O) groups is 1. The van der Waals surface area contributed by atoms with Crippen molar-refractivity contribution in [1.29, 1.82) is 0 Å². The van der Waals surface area contributed by atoms with Crippen molar-refractivity contribution >= 4 is 11.7 Å². The molecule has 0 radical (unpaired) electrons. The summed E-state index contributed by atoms with van der Waals surface area (Å²) in [6, 6.07) is 4.36. The normalized spacial score (nSPS) is 12.3. The molecule has 15 heavy (non-hydrogen) atoms. The number of hydrogen-bond donors (Lipinski definition) is 1. The zero-order valence-electron chi connectivity index (χ0n) is 8.99. The fourth-order valence-electron chi connectivity index (χ4n) is 1.28. The molecule has 0 spiro atoms. The van der Waals surface area contributed by atoms with Crippen LogP contribution in [0.4, 0.5) is 10.1 Å². The van der Waals surface area contributed by atoms with Crippen LogP contribution in [0.1, 0.15) is 18.4 Å². The second kappa shape index (κ2) is 4.29. The van der Waals surface area contributed by atoms with Crippen LogP contribution in [0.25, 0.3) is 0 Å². The highest BCUT2D eigenvalue weighted by molar-refractivity contribution is 5.76. The van der Waals surface area contributed by atoms with Gasteiger partial charge in [0, 0.05) is 14.1 Å². The smallest absolute Gasteiger partial charge is 0.310 e. The molecule has 0 heterocycles. The second-order valence-electron chi connectivity index (χ2n) is 3.67. The van der Waals surface area contributed by atoms with Gasteiger partial charge in [0.1, 0.15) is 5.82 Å². The Labute approximate surface area is 88.1 Å². The van der Waals surface area contributed by atoms with Gasteiger partial charge in [0.05, 0.1) is 11.6 Å². The average molecular weight is 211 g/mol. The van der Waals surface area contributed by atoms with Crippen LogP contribution in [0.15, 0.2) is 18.2 Å². The van der Waals surface area contributed by atoms with Crippen LogP contribution in [-0.2, 0) is 4.79 Å². The van der Waals surface area contributed by atoms with E-state index in [0.29, 0.717) is 11.3 Å². The van der Waals surface area contributed by atoms with Gasteiger partial charge < -0.3 is 10.0 Å². The minimum atomic E-state index is -0.911. The van der Waals surface area contributed by atoms with E-state index in [2.05, 4.69) is 0 Å². The quantitative estimate of drug-likeness (QED) is 0.832. The zero-order valence-corrected chi connectivity index (χ0v) is 8.99. The van der Waals surface area contributed by atoms with Crippen molar-refractivity contribution in [3.8, 4) is 0 Å². The van der Waals surface area contributed by atoms with Gasteiger partial charge in [0.15, 0.2) is 0 Å². The Kier molecular flexibility index (Phi) is 3.29. The minimum absolute atomic E-state index is 0.346. The van der Waals surface area contributed by atoms with Gasteiger partial charge >= 0.3 is 5.97 Å². The lowest BCUT2D eigenvalue weighted by Crippen LogP contribution is -2.13. The van der Waals surface area contributed by atoms with Gasteiger partial charge in [-0.3, -0.25) is 4.79 Å². The Balaban J connectivity index is 3.13. The summed E-state index contributed by atoms with van der Waals surface area (Å²) in [5, 5.41) is 8.83. The zero-order chi connectivity index (χ0) is 11.6. The molecule has 0 fully saturated rings. The van der Waals surface area contributed by atoms with Crippen molar-refractivity contribution < 1.29 is 14.3 Å². The Morgan fingerprint density at radius 3 is 2.53 bits per heavy atom. The van der Waals surface area contributed by atoms with E-state index in [9.17, 15) is 9.18 Å². The average Bonchev–Trinajstić information content (AvgIpc) is 2.16. The standard InChI is InChI=1S/C11H14FNO2/c1-7(11(14)15)8-4-5-9(12)10(6-8)13(2)3/h4-7H,1-3H3,(H,14,15). The molecule has 0 aliphatic heterocycles. The molecule has 0 bridgehead atoms. The third kappa shape index (κ3) is 2.46. The van der Waals surface area contributed by atoms with E-state index in [0.717, 1.165) is 0 Å². The maximum absolute atomic E-state index is 13.3. The highest BCUT2D eigenvalue weighted by Crippen LogP contribution is 2.23. The summed E-state index contributed by atoms with van der Waals surface area (Å²) in [5.74, 6) is -1.88. The molecule has 0 aliphatic rings. The Morgan fingerprint density at radius 2 is 2.07 bits per heavy atom. The van der Waals surface area contributed by atoms with Crippen molar-refractivity contribution in [1.82, 2.24) is 0 Å². The lowest BCUT2D eigenvalue weighted by molar-refractivity contribution is -0.138. The van der Waals surface area contributed by atoms with Crippen molar-refractivity contribution in [2.45, 2.75) is 12.8 Å². The van der Waals surface area contributed by atoms with Crippen LogP contribution in [0.5, 0.6) is 0 Å². The highest BCUT2D eigenvalue weighted by atomic mass is 19.1. The Hall–Kier alpha value is -1.58. The van der Waals surface area contributed by atoms with Crippen LogP contribution in [-0.4, -0.2) is 25.2 Å². The van der Waals surface area contributed by atoms with Crippen molar-refractivity contribution in [3.05, 3.63) is 29.6 Å². The lowest BCUT2D eigenvalue weighted by atomic mass is 10.0. The molecule has 1 N–H and O–H groups in total. The summed E-state index contributed by atoms with van der Waals surface area (Å²) in [6.45, 7) is 1.58. The number of aliphatic carboxylic acids is 1. The number of carboxylic acids is 1. The van der Waals surface area contributed by atoms with E-state index in [1.807, 2.05) is 0 Å². The monoisotopic (exact) mass is 211 g/mol. The fourth-order valence-corrected chi connectivity index (χ4v) is 1.28. The molecular formula is C11H14FNO2. The molecule has 1 unspecified atom stereocenters. The van der Waals surface area contributed by atoms with Gasteiger partial charge in [-0.05, 0) is 24.6 Å². The minimum Gasteiger partial charge on any atom is -0.481 e. The topological polar surface area (TPSA) is 40.5 Å². The molecule has 3 nitrogen and oxygen atoms in total. The molecule has 0 saturated carbocycles. The SMILES string of the molecule is CC(C(=O)O)c1ccc(F)c(N(C)C)c1. The number of benzene rings is 1. The van der Waals surface area contributed by atoms with Gasteiger partial charge in [-0.1, -0.05) is 6.07 Å². The van der Waals surface area contributed by atoms with Crippen LogP contribution in [0, 0.1) is 5.82 Å². The maximum Gasteiger partial charge on any atom is 0.310 e. The van der Waals surface area contributed by atoms with E-state index in [1.54, 1.807) is 32.0 Å². The van der Waals surface area contributed by atoms with Crippen molar-refractivity contribution in [3.63, 3.8) is 0 Å². The van der Waals surface area contributed by atoms with Crippen molar-refractivity contribution in [2.75, 3.05) is 19.0 Å². The second-order valence-corrected chi connectivity index (χ2v) is 3.67. The first-order chi connectivity index (χ1) is 6.93. The molecule has 4 heteroatoms. The van der Waals surface area contributed by atoms with Crippen LogP contribution in [0.3, 0.4) is 0 Å². The number of nitrogens with zero attached hydrogens (tertiary/aromatic N) is 1. The molecule has 0 saturated heterocycles. The number of carboxylic acid groups (broad SMARTS) is 1.